The second kappa shape index (κ2) is 8.17. The van der Waals surface area contributed by atoms with Crippen LogP contribution in [0.15, 0.2) is 47.4 Å². The highest BCUT2D eigenvalue weighted by molar-refractivity contribution is 7.98. The van der Waals surface area contributed by atoms with Crippen LogP contribution in [0.3, 0.4) is 0 Å². The maximum Gasteiger partial charge on any atom is 0.387 e. The van der Waals surface area contributed by atoms with Gasteiger partial charge in [-0.1, -0.05) is 23.7 Å². The third-order valence-corrected chi connectivity index (χ3v) is 4.07. The molecular formula is C16H14ClF2NO2S. The number of ether oxygens (including phenoxy) is 1. The molecule has 0 radical (unpaired) electrons. The molecule has 2 aromatic carbocycles. The van der Waals surface area contributed by atoms with E-state index in [1.165, 1.54) is 23.9 Å². The Bertz CT molecular complexity index is 680. The molecule has 0 fully saturated rings. The maximum absolute atomic E-state index is 12.2. The summed E-state index contributed by atoms with van der Waals surface area (Å²) in [6.07, 6.45) is 1.91. The van der Waals surface area contributed by atoms with Gasteiger partial charge in [0.15, 0.2) is 0 Å². The monoisotopic (exact) mass is 357 g/mol. The number of benzene rings is 2. The Morgan fingerprint density at radius 1 is 1.26 bits per heavy atom. The molecule has 0 saturated carbocycles. The summed E-state index contributed by atoms with van der Waals surface area (Å²) in [7, 11) is 0. The van der Waals surface area contributed by atoms with Gasteiger partial charge >= 0.3 is 6.61 Å². The van der Waals surface area contributed by atoms with Gasteiger partial charge in [-0.05, 0) is 42.2 Å². The number of rotatable bonds is 6. The molecule has 23 heavy (non-hydrogen) atoms. The largest absolute Gasteiger partial charge is 0.435 e. The highest BCUT2D eigenvalue weighted by Gasteiger charge is 2.11. The second-order valence-corrected chi connectivity index (χ2v) is 5.84. The van der Waals surface area contributed by atoms with Crippen molar-refractivity contribution in [1.29, 1.82) is 0 Å². The Labute approximate surface area is 142 Å². The predicted molar refractivity (Wildman–Crippen MR) is 87.5 cm³/mol. The Kier molecular flexibility index (Phi) is 6.24. The van der Waals surface area contributed by atoms with Crippen molar-refractivity contribution in [2.24, 2.45) is 0 Å². The van der Waals surface area contributed by atoms with Crippen LogP contribution in [-0.4, -0.2) is 18.8 Å². The fourth-order valence-electron chi connectivity index (χ4n) is 1.87. The van der Waals surface area contributed by atoms with E-state index in [4.69, 9.17) is 11.6 Å². The minimum atomic E-state index is -2.86. The standard InChI is InChI=1S/C16H14ClF2NO2S/c1-23-12-6-7-14(17)13(8-12)15(21)20-9-10-2-4-11(5-3-10)22-16(18)19/h2-8,16H,9H2,1H3,(H,20,21). The molecule has 1 amide bonds. The molecule has 0 unspecified atom stereocenters. The summed E-state index contributed by atoms with van der Waals surface area (Å²) >= 11 is 7.56. The van der Waals surface area contributed by atoms with Crippen LogP contribution in [0.1, 0.15) is 15.9 Å². The first kappa shape index (κ1) is 17.6. The van der Waals surface area contributed by atoms with E-state index >= 15 is 0 Å². The van der Waals surface area contributed by atoms with Gasteiger partial charge in [-0.2, -0.15) is 8.78 Å². The van der Waals surface area contributed by atoms with Crippen LogP contribution in [0.4, 0.5) is 8.78 Å². The van der Waals surface area contributed by atoms with Crippen molar-refractivity contribution in [2.75, 3.05) is 6.26 Å². The molecular weight excluding hydrogens is 344 g/mol. The lowest BCUT2D eigenvalue weighted by Gasteiger charge is -2.09. The molecule has 0 spiro atoms. The summed E-state index contributed by atoms with van der Waals surface area (Å²) in [5, 5.41) is 3.12. The number of carbonyl (C=O) groups is 1. The van der Waals surface area contributed by atoms with E-state index in [0.717, 1.165) is 10.5 Å². The van der Waals surface area contributed by atoms with Gasteiger partial charge in [0, 0.05) is 11.4 Å². The van der Waals surface area contributed by atoms with Gasteiger partial charge in [-0.15, -0.1) is 11.8 Å². The van der Waals surface area contributed by atoms with Crippen LogP contribution in [-0.2, 0) is 6.54 Å². The topological polar surface area (TPSA) is 38.3 Å². The Balaban J connectivity index is 1.99. The highest BCUT2D eigenvalue weighted by Crippen LogP contribution is 2.23. The van der Waals surface area contributed by atoms with Crippen LogP contribution >= 0.6 is 23.4 Å². The van der Waals surface area contributed by atoms with Crippen LogP contribution in [0, 0.1) is 0 Å². The Hall–Kier alpha value is -1.79. The first-order chi connectivity index (χ1) is 11.0. The third kappa shape index (κ3) is 5.11. The molecule has 0 heterocycles. The van der Waals surface area contributed by atoms with E-state index < -0.39 is 6.61 Å². The fraction of sp³-hybridized carbons (Fsp3) is 0.188. The number of carbonyl (C=O) groups excluding carboxylic acids is 1. The summed E-state index contributed by atoms with van der Waals surface area (Å²) in [5.41, 5.74) is 1.16. The van der Waals surface area contributed by atoms with E-state index in [1.54, 1.807) is 24.3 Å². The summed E-state index contributed by atoms with van der Waals surface area (Å²) < 4.78 is 28.4. The summed E-state index contributed by atoms with van der Waals surface area (Å²) in [5.74, 6) is -0.218. The first-order valence-electron chi connectivity index (χ1n) is 6.65. The Morgan fingerprint density at radius 2 is 1.96 bits per heavy atom. The average Bonchev–Trinajstić information content (AvgIpc) is 2.54. The van der Waals surface area contributed by atoms with Crippen molar-refractivity contribution in [2.45, 2.75) is 18.1 Å². The summed E-state index contributed by atoms with van der Waals surface area (Å²) in [6, 6.07) is 11.3. The number of nitrogens with one attached hydrogen (secondary N) is 1. The van der Waals surface area contributed by atoms with E-state index in [9.17, 15) is 13.6 Å². The lowest BCUT2D eigenvalue weighted by Crippen LogP contribution is -2.23. The fourth-order valence-corrected chi connectivity index (χ4v) is 2.51. The van der Waals surface area contributed by atoms with Crippen molar-refractivity contribution in [1.82, 2.24) is 5.32 Å². The molecule has 1 N–H and O–H groups in total. The molecule has 3 nitrogen and oxygen atoms in total. The van der Waals surface area contributed by atoms with Crippen molar-refractivity contribution in [3.05, 3.63) is 58.6 Å². The molecule has 2 aromatic rings. The smallest absolute Gasteiger partial charge is 0.387 e. The van der Waals surface area contributed by atoms with Crippen LogP contribution in [0.2, 0.25) is 5.02 Å². The molecule has 122 valence electrons. The maximum atomic E-state index is 12.2. The summed E-state index contributed by atoms with van der Waals surface area (Å²) in [6.45, 7) is -2.60. The van der Waals surface area contributed by atoms with Crippen LogP contribution in [0.5, 0.6) is 5.75 Å². The number of hydrogen-bond donors (Lipinski definition) is 1. The molecule has 7 heteroatoms. The zero-order chi connectivity index (χ0) is 16.8. The predicted octanol–water partition coefficient (Wildman–Crippen LogP) is 4.59. The van der Waals surface area contributed by atoms with Gasteiger partial charge in [0.2, 0.25) is 0 Å². The van der Waals surface area contributed by atoms with Gasteiger partial charge in [0.05, 0.1) is 10.6 Å². The first-order valence-corrected chi connectivity index (χ1v) is 8.25. The number of thioether (sulfide) groups is 1. The minimum absolute atomic E-state index is 0.0748. The number of hydrogen-bond acceptors (Lipinski definition) is 3. The van der Waals surface area contributed by atoms with Gasteiger partial charge in [0.25, 0.3) is 5.91 Å². The van der Waals surface area contributed by atoms with E-state index in [0.29, 0.717) is 10.6 Å². The lowest BCUT2D eigenvalue weighted by atomic mass is 10.2. The highest BCUT2D eigenvalue weighted by atomic mass is 35.5. The minimum Gasteiger partial charge on any atom is -0.435 e. The molecule has 0 bridgehead atoms. The SMILES string of the molecule is CSc1ccc(Cl)c(C(=O)NCc2ccc(OC(F)F)cc2)c1. The van der Waals surface area contributed by atoms with Crippen molar-refractivity contribution < 1.29 is 18.3 Å². The van der Waals surface area contributed by atoms with Gasteiger partial charge in [0.1, 0.15) is 5.75 Å². The molecule has 0 aliphatic heterocycles. The van der Waals surface area contributed by atoms with Crippen LogP contribution in [0.25, 0.3) is 0 Å². The molecule has 0 atom stereocenters. The van der Waals surface area contributed by atoms with Crippen molar-refractivity contribution in [3.8, 4) is 5.75 Å². The Morgan fingerprint density at radius 3 is 2.57 bits per heavy atom. The molecule has 0 aliphatic rings. The van der Waals surface area contributed by atoms with E-state index in [-0.39, 0.29) is 18.2 Å². The zero-order valence-corrected chi connectivity index (χ0v) is 13.8. The van der Waals surface area contributed by atoms with Gasteiger partial charge in [-0.25, -0.2) is 0 Å². The number of amides is 1. The third-order valence-electron chi connectivity index (χ3n) is 3.02. The second-order valence-electron chi connectivity index (χ2n) is 4.55. The average molecular weight is 358 g/mol. The summed E-state index contributed by atoms with van der Waals surface area (Å²) in [4.78, 5) is 13.1. The van der Waals surface area contributed by atoms with Crippen molar-refractivity contribution in [3.63, 3.8) is 0 Å². The normalized spacial score (nSPS) is 10.7. The van der Waals surface area contributed by atoms with Gasteiger partial charge < -0.3 is 10.1 Å². The zero-order valence-electron chi connectivity index (χ0n) is 12.2. The van der Waals surface area contributed by atoms with E-state index in [1.807, 2.05) is 12.3 Å². The van der Waals surface area contributed by atoms with Crippen molar-refractivity contribution >= 4 is 29.3 Å². The molecule has 0 aliphatic carbocycles. The number of halogens is 3. The lowest BCUT2D eigenvalue weighted by molar-refractivity contribution is -0.0498. The van der Waals surface area contributed by atoms with E-state index in [2.05, 4.69) is 10.1 Å². The molecule has 0 aromatic heterocycles. The molecule has 2 rings (SSSR count). The van der Waals surface area contributed by atoms with Crippen LogP contribution < -0.4 is 10.1 Å². The molecule has 0 saturated heterocycles. The van der Waals surface area contributed by atoms with Gasteiger partial charge in [-0.3, -0.25) is 4.79 Å². The quantitative estimate of drug-likeness (QED) is 0.768. The number of alkyl halides is 2.